The summed E-state index contributed by atoms with van der Waals surface area (Å²) in [7, 11) is 0. The Morgan fingerprint density at radius 1 is 1.29 bits per heavy atom. The molecule has 2 aromatic rings. The molecule has 1 amide bonds. The van der Waals surface area contributed by atoms with Crippen LogP contribution in [0.5, 0.6) is 5.88 Å². The van der Waals surface area contributed by atoms with Crippen molar-refractivity contribution in [2.75, 3.05) is 26.2 Å². The molecule has 6 nitrogen and oxygen atoms in total. The Hall–Kier alpha value is -2.33. The molecule has 2 saturated heterocycles. The number of carbonyl (C=O) groups is 1. The van der Waals surface area contributed by atoms with Gasteiger partial charge in [0.25, 0.3) is 0 Å². The average Bonchev–Trinajstić information content (AvgIpc) is 3.46. The van der Waals surface area contributed by atoms with Crippen LogP contribution in [-0.2, 0) is 4.79 Å². The average molecular weight is 459 g/mol. The van der Waals surface area contributed by atoms with Crippen molar-refractivity contribution in [2.45, 2.75) is 25.4 Å². The van der Waals surface area contributed by atoms with Crippen LogP contribution in [0.2, 0.25) is 10.0 Å². The molecule has 2 fully saturated rings. The number of nitrogens with one attached hydrogen (secondary N) is 1. The van der Waals surface area contributed by atoms with Crippen molar-refractivity contribution in [2.24, 2.45) is 11.8 Å². The van der Waals surface area contributed by atoms with Crippen LogP contribution >= 0.6 is 23.2 Å². The molecular weight excluding hydrogens is 435 g/mol. The standard InChI is InChI=1S/C23H24Cl2N4O2/c1-14(31-22-5-2-15(9-26)10-28-22)18-12-29(23(30)17-6-7-27-11-17)13-19(18)16-3-4-20(24)21(25)8-16/h2-5,8,10,14,17-19,27H,6-7,11-13H2,1H3/t14-,17+,18+,19+/m0/s1. The number of nitriles is 1. The number of pyridine rings is 1. The van der Waals surface area contributed by atoms with E-state index in [-0.39, 0.29) is 29.8 Å². The molecule has 4 rings (SSSR count). The van der Waals surface area contributed by atoms with E-state index in [1.807, 2.05) is 24.0 Å². The number of rotatable bonds is 5. The lowest BCUT2D eigenvalue weighted by Crippen LogP contribution is -2.36. The van der Waals surface area contributed by atoms with E-state index >= 15 is 0 Å². The lowest BCUT2D eigenvalue weighted by Gasteiger charge is -2.25. The fraction of sp³-hybridized carbons (Fsp3) is 0.435. The van der Waals surface area contributed by atoms with E-state index in [9.17, 15) is 4.79 Å². The van der Waals surface area contributed by atoms with Gasteiger partial charge in [0.15, 0.2) is 0 Å². The Labute approximate surface area is 192 Å². The van der Waals surface area contributed by atoms with E-state index < -0.39 is 0 Å². The summed E-state index contributed by atoms with van der Waals surface area (Å²) in [4.78, 5) is 19.3. The summed E-state index contributed by atoms with van der Waals surface area (Å²) in [5.74, 6) is 0.824. The monoisotopic (exact) mass is 458 g/mol. The number of ether oxygens (including phenoxy) is 1. The molecule has 3 heterocycles. The molecule has 2 aliphatic rings. The van der Waals surface area contributed by atoms with Gasteiger partial charge in [-0.15, -0.1) is 0 Å². The third-order valence-corrected chi connectivity index (χ3v) is 6.97. The number of nitrogens with zero attached hydrogens (tertiary/aromatic N) is 3. The number of halogens is 2. The summed E-state index contributed by atoms with van der Waals surface area (Å²) in [5, 5.41) is 13.3. The van der Waals surface area contributed by atoms with Crippen LogP contribution in [0.25, 0.3) is 0 Å². The summed E-state index contributed by atoms with van der Waals surface area (Å²) in [6.45, 7) is 4.84. The van der Waals surface area contributed by atoms with Crippen molar-refractivity contribution in [1.82, 2.24) is 15.2 Å². The smallest absolute Gasteiger partial charge is 0.227 e. The molecule has 1 aromatic carbocycles. The molecule has 4 atom stereocenters. The van der Waals surface area contributed by atoms with Crippen LogP contribution in [0.4, 0.5) is 0 Å². The first-order valence-corrected chi connectivity index (χ1v) is 11.2. The van der Waals surface area contributed by atoms with E-state index in [4.69, 9.17) is 33.2 Å². The largest absolute Gasteiger partial charge is 0.474 e. The Balaban J connectivity index is 1.56. The minimum absolute atomic E-state index is 0.0321. The molecule has 0 saturated carbocycles. The van der Waals surface area contributed by atoms with Crippen LogP contribution in [0, 0.1) is 23.2 Å². The molecule has 0 aliphatic carbocycles. The molecule has 1 N–H and O–H groups in total. The maximum absolute atomic E-state index is 13.1. The topological polar surface area (TPSA) is 78.2 Å². The van der Waals surface area contributed by atoms with E-state index in [0.29, 0.717) is 34.6 Å². The van der Waals surface area contributed by atoms with Gasteiger partial charge in [-0.25, -0.2) is 4.98 Å². The molecular formula is C23H24Cl2N4O2. The van der Waals surface area contributed by atoms with Crippen LogP contribution in [0.15, 0.2) is 36.5 Å². The minimum atomic E-state index is -0.195. The number of hydrogen-bond donors (Lipinski definition) is 1. The van der Waals surface area contributed by atoms with E-state index in [1.54, 1.807) is 18.2 Å². The minimum Gasteiger partial charge on any atom is -0.474 e. The highest BCUT2D eigenvalue weighted by Crippen LogP contribution is 2.39. The Bertz CT molecular complexity index is 986. The lowest BCUT2D eigenvalue weighted by molar-refractivity contribution is -0.134. The van der Waals surface area contributed by atoms with Gasteiger partial charge in [0.2, 0.25) is 11.8 Å². The van der Waals surface area contributed by atoms with Crippen molar-refractivity contribution in [1.29, 1.82) is 5.26 Å². The second-order valence-corrected chi connectivity index (χ2v) is 9.01. The van der Waals surface area contributed by atoms with Gasteiger partial charge < -0.3 is 15.0 Å². The number of hydrogen-bond acceptors (Lipinski definition) is 5. The van der Waals surface area contributed by atoms with E-state index in [2.05, 4.69) is 16.4 Å². The Kier molecular flexibility index (Phi) is 6.66. The third-order valence-electron chi connectivity index (χ3n) is 6.23. The maximum Gasteiger partial charge on any atom is 0.227 e. The zero-order valence-corrected chi connectivity index (χ0v) is 18.7. The molecule has 0 unspecified atom stereocenters. The molecule has 31 heavy (non-hydrogen) atoms. The quantitative estimate of drug-likeness (QED) is 0.735. The first-order chi connectivity index (χ1) is 15.0. The highest BCUT2D eigenvalue weighted by atomic mass is 35.5. The molecule has 1 aromatic heterocycles. The van der Waals surface area contributed by atoms with E-state index in [1.165, 1.54) is 6.20 Å². The van der Waals surface area contributed by atoms with Crippen molar-refractivity contribution in [3.8, 4) is 11.9 Å². The molecule has 162 valence electrons. The summed E-state index contributed by atoms with van der Waals surface area (Å²) < 4.78 is 6.13. The van der Waals surface area contributed by atoms with Crippen molar-refractivity contribution >= 4 is 29.1 Å². The number of carbonyl (C=O) groups excluding carboxylic acids is 1. The first-order valence-electron chi connectivity index (χ1n) is 10.4. The van der Waals surface area contributed by atoms with E-state index in [0.717, 1.165) is 25.1 Å². The van der Waals surface area contributed by atoms with Gasteiger partial charge >= 0.3 is 0 Å². The summed E-state index contributed by atoms with van der Waals surface area (Å²) in [6.07, 6.45) is 2.17. The predicted octanol–water partition coefficient (Wildman–Crippen LogP) is 3.88. The summed E-state index contributed by atoms with van der Waals surface area (Å²) >= 11 is 12.4. The second-order valence-electron chi connectivity index (χ2n) is 8.20. The van der Waals surface area contributed by atoms with Gasteiger partial charge in [-0.3, -0.25) is 4.79 Å². The lowest BCUT2D eigenvalue weighted by atomic mass is 9.86. The van der Waals surface area contributed by atoms with Gasteiger partial charge in [0.1, 0.15) is 12.2 Å². The Morgan fingerprint density at radius 2 is 2.13 bits per heavy atom. The highest BCUT2D eigenvalue weighted by molar-refractivity contribution is 6.42. The van der Waals surface area contributed by atoms with Gasteiger partial charge in [-0.05, 0) is 43.7 Å². The molecule has 2 aliphatic heterocycles. The van der Waals surface area contributed by atoms with Gasteiger partial charge in [-0.1, -0.05) is 29.3 Å². The van der Waals surface area contributed by atoms with Crippen LogP contribution in [0.3, 0.4) is 0 Å². The van der Waals surface area contributed by atoms with Crippen LogP contribution in [0.1, 0.15) is 30.4 Å². The molecule has 0 spiro atoms. The number of aromatic nitrogens is 1. The molecule has 0 radical (unpaired) electrons. The van der Waals surface area contributed by atoms with Crippen molar-refractivity contribution in [3.05, 3.63) is 57.7 Å². The number of benzene rings is 1. The molecule has 8 heteroatoms. The SMILES string of the molecule is C[C@H](Oc1ccc(C#N)cn1)[C@H]1CN(C(=O)[C@@H]2CCNC2)C[C@@H]1c1ccc(Cl)c(Cl)c1. The number of likely N-dealkylation sites (tertiary alicyclic amines) is 1. The summed E-state index contributed by atoms with van der Waals surface area (Å²) in [5.41, 5.74) is 1.53. The van der Waals surface area contributed by atoms with Gasteiger partial charge in [0, 0.05) is 43.7 Å². The van der Waals surface area contributed by atoms with Gasteiger partial charge in [-0.2, -0.15) is 5.26 Å². The van der Waals surface area contributed by atoms with Crippen molar-refractivity contribution < 1.29 is 9.53 Å². The zero-order chi connectivity index (χ0) is 22.0. The van der Waals surface area contributed by atoms with Gasteiger partial charge in [0.05, 0.1) is 21.5 Å². The van der Waals surface area contributed by atoms with Crippen LogP contribution < -0.4 is 10.1 Å². The second kappa shape index (κ2) is 9.44. The fourth-order valence-electron chi connectivity index (χ4n) is 4.50. The normalized spacial score (nSPS) is 24.1. The fourth-order valence-corrected chi connectivity index (χ4v) is 4.80. The third kappa shape index (κ3) is 4.79. The Morgan fingerprint density at radius 3 is 2.77 bits per heavy atom. The first kappa shape index (κ1) is 21.9. The maximum atomic E-state index is 13.1. The zero-order valence-electron chi connectivity index (χ0n) is 17.2. The number of amides is 1. The molecule has 0 bridgehead atoms. The van der Waals surface area contributed by atoms with Crippen LogP contribution in [-0.4, -0.2) is 48.1 Å². The highest BCUT2D eigenvalue weighted by Gasteiger charge is 2.42. The predicted molar refractivity (Wildman–Crippen MR) is 119 cm³/mol. The van der Waals surface area contributed by atoms with Crippen molar-refractivity contribution in [3.63, 3.8) is 0 Å². The summed E-state index contributed by atoms with van der Waals surface area (Å²) in [6, 6.07) is 11.1.